The smallest absolute Gasteiger partial charge is 0.325 e. The van der Waals surface area contributed by atoms with Crippen LogP contribution in [0.15, 0.2) is 36.9 Å². The molecule has 0 fully saturated rings. The van der Waals surface area contributed by atoms with Crippen molar-refractivity contribution in [1.82, 2.24) is 9.88 Å². The number of carbonyl (C=O) groups is 3. The molecule has 28 heavy (non-hydrogen) atoms. The van der Waals surface area contributed by atoms with Gasteiger partial charge in [-0.1, -0.05) is 29.3 Å². The van der Waals surface area contributed by atoms with E-state index in [0.29, 0.717) is 17.1 Å². The van der Waals surface area contributed by atoms with Crippen LogP contribution in [0.4, 0.5) is 0 Å². The Morgan fingerprint density at radius 1 is 1.18 bits per heavy atom. The Kier molecular flexibility index (Phi) is 7.43. The summed E-state index contributed by atoms with van der Waals surface area (Å²) in [5.74, 6) is -1.59. The van der Waals surface area contributed by atoms with Crippen molar-refractivity contribution in [3.63, 3.8) is 0 Å². The third-order valence-corrected chi connectivity index (χ3v) is 4.67. The molecule has 0 bridgehead atoms. The first kappa shape index (κ1) is 21.7. The lowest BCUT2D eigenvalue weighted by molar-refractivity contribution is -0.141. The molecule has 0 atom stereocenters. The van der Waals surface area contributed by atoms with Crippen LogP contribution in [-0.4, -0.2) is 35.4 Å². The number of hydrogen-bond donors (Lipinski definition) is 1. The van der Waals surface area contributed by atoms with Gasteiger partial charge >= 0.3 is 5.97 Å². The van der Waals surface area contributed by atoms with E-state index >= 15 is 0 Å². The molecule has 8 heteroatoms. The number of nitrogens with zero attached hydrogens (tertiary/aromatic N) is 1. The quantitative estimate of drug-likeness (QED) is 0.399. The van der Waals surface area contributed by atoms with E-state index in [-0.39, 0.29) is 22.9 Å². The Labute approximate surface area is 173 Å². The first-order chi connectivity index (χ1) is 13.2. The fraction of sp³-hybridized carbons (Fsp3) is 0.250. The number of halogens is 2. The van der Waals surface area contributed by atoms with Crippen LogP contribution in [0.1, 0.15) is 32.1 Å². The largest absolute Gasteiger partial charge is 0.456 e. The van der Waals surface area contributed by atoms with Crippen molar-refractivity contribution < 1.29 is 19.1 Å². The predicted molar refractivity (Wildman–Crippen MR) is 108 cm³/mol. The lowest BCUT2D eigenvalue weighted by atomic mass is 10.1. The van der Waals surface area contributed by atoms with Gasteiger partial charge in [0.2, 0.25) is 5.78 Å². The molecule has 0 aliphatic heterocycles. The molecule has 0 saturated heterocycles. The van der Waals surface area contributed by atoms with E-state index in [9.17, 15) is 14.4 Å². The monoisotopic (exact) mass is 422 g/mol. The Balaban J connectivity index is 1.88. The third kappa shape index (κ3) is 5.24. The Bertz CT molecular complexity index is 935. The number of hydrogen-bond acceptors (Lipinski definition) is 4. The molecule has 0 radical (unpaired) electrons. The summed E-state index contributed by atoms with van der Waals surface area (Å²) in [4.78, 5) is 36.3. The topological polar surface area (TPSA) is 77.4 Å². The van der Waals surface area contributed by atoms with E-state index in [1.54, 1.807) is 12.1 Å². The lowest BCUT2D eigenvalue weighted by Crippen LogP contribution is -2.31. The zero-order valence-electron chi connectivity index (χ0n) is 15.6. The van der Waals surface area contributed by atoms with Crippen LogP contribution in [0.3, 0.4) is 0 Å². The summed E-state index contributed by atoms with van der Waals surface area (Å²) in [7, 11) is 0. The van der Waals surface area contributed by atoms with Gasteiger partial charge in [0, 0.05) is 28.5 Å². The molecule has 1 aromatic heterocycles. The normalized spacial score (nSPS) is 10.4. The van der Waals surface area contributed by atoms with Crippen molar-refractivity contribution >= 4 is 40.9 Å². The van der Waals surface area contributed by atoms with Crippen molar-refractivity contribution in [3.05, 3.63) is 69.5 Å². The average molecular weight is 423 g/mol. The van der Waals surface area contributed by atoms with E-state index in [4.69, 9.17) is 27.9 Å². The number of aryl methyl sites for hydroxylation is 1. The SMILES string of the molecule is C=CCn1c(C)cc(C(=O)COC(=O)CNC(=O)c2ccc(Cl)cc2Cl)c1C. The second-order valence-corrected chi connectivity index (χ2v) is 6.92. The van der Waals surface area contributed by atoms with Gasteiger partial charge < -0.3 is 14.6 Å². The maximum atomic E-state index is 12.3. The summed E-state index contributed by atoms with van der Waals surface area (Å²) >= 11 is 11.7. The summed E-state index contributed by atoms with van der Waals surface area (Å²) in [6.45, 7) is 7.19. The molecule has 0 unspecified atom stereocenters. The van der Waals surface area contributed by atoms with Crippen molar-refractivity contribution in [2.24, 2.45) is 0 Å². The van der Waals surface area contributed by atoms with Crippen molar-refractivity contribution in [3.8, 4) is 0 Å². The minimum atomic E-state index is -0.730. The minimum absolute atomic E-state index is 0.170. The number of carbonyl (C=O) groups excluding carboxylic acids is 3. The fourth-order valence-electron chi connectivity index (χ4n) is 2.69. The van der Waals surface area contributed by atoms with Gasteiger partial charge in [0.15, 0.2) is 6.61 Å². The van der Waals surface area contributed by atoms with Gasteiger partial charge in [-0.05, 0) is 38.1 Å². The first-order valence-corrected chi connectivity index (χ1v) is 9.20. The third-order valence-electron chi connectivity index (χ3n) is 4.12. The molecule has 1 amide bonds. The number of ether oxygens (including phenoxy) is 1. The van der Waals surface area contributed by atoms with Crippen LogP contribution in [0.5, 0.6) is 0 Å². The van der Waals surface area contributed by atoms with Gasteiger partial charge in [-0.25, -0.2) is 0 Å². The molecule has 6 nitrogen and oxygen atoms in total. The van der Waals surface area contributed by atoms with E-state index < -0.39 is 18.5 Å². The maximum absolute atomic E-state index is 12.3. The highest BCUT2D eigenvalue weighted by atomic mass is 35.5. The molecule has 0 aliphatic carbocycles. The van der Waals surface area contributed by atoms with Gasteiger partial charge in [0.05, 0.1) is 10.6 Å². The van der Waals surface area contributed by atoms with E-state index in [1.807, 2.05) is 18.4 Å². The number of benzene rings is 1. The van der Waals surface area contributed by atoms with Crippen LogP contribution >= 0.6 is 23.2 Å². The van der Waals surface area contributed by atoms with Crippen LogP contribution in [0.25, 0.3) is 0 Å². The number of esters is 1. The van der Waals surface area contributed by atoms with E-state index in [2.05, 4.69) is 11.9 Å². The van der Waals surface area contributed by atoms with Crippen LogP contribution < -0.4 is 5.32 Å². The molecule has 0 spiro atoms. The number of Topliss-reactive ketones (excluding diaryl/α,β-unsaturated/α-hetero) is 1. The lowest BCUT2D eigenvalue weighted by Gasteiger charge is -2.08. The molecule has 1 aromatic carbocycles. The van der Waals surface area contributed by atoms with Crippen LogP contribution in [-0.2, 0) is 16.1 Å². The van der Waals surface area contributed by atoms with Gasteiger partial charge in [-0.3, -0.25) is 14.4 Å². The molecule has 0 aliphatic rings. The highest BCUT2D eigenvalue weighted by molar-refractivity contribution is 6.36. The standard InChI is InChI=1S/C20H20Cl2N2O4/c1-4-7-24-12(2)8-16(13(24)3)18(25)11-28-19(26)10-23-20(27)15-6-5-14(21)9-17(15)22/h4-6,8-9H,1,7,10-11H2,2-3H3,(H,23,27). The molecule has 148 valence electrons. The molecule has 2 aromatic rings. The molecule has 1 N–H and O–H groups in total. The van der Waals surface area contributed by atoms with E-state index in [1.165, 1.54) is 18.2 Å². The average Bonchev–Trinajstić information content (AvgIpc) is 2.92. The molecular weight excluding hydrogens is 403 g/mol. The van der Waals surface area contributed by atoms with Gasteiger partial charge in [-0.2, -0.15) is 0 Å². The van der Waals surface area contributed by atoms with Crippen LogP contribution in [0.2, 0.25) is 10.0 Å². The number of amides is 1. The molecule has 2 rings (SSSR count). The van der Waals surface area contributed by atoms with E-state index in [0.717, 1.165) is 11.4 Å². The van der Waals surface area contributed by atoms with Crippen molar-refractivity contribution in [2.75, 3.05) is 13.2 Å². The molecular formula is C20H20Cl2N2O4. The number of nitrogens with one attached hydrogen (secondary N) is 1. The van der Waals surface area contributed by atoms with Crippen LogP contribution in [0, 0.1) is 13.8 Å². The van der Waals surface area contributed by atoms with Gasteiger partial charge in [0.1, 0.15) is 6.54 Å². The summed E-state index contributed by atoms with van der Waals surface area (Å²) in [6, 6.07) is 6.15. The Morgan fingerprint density at radius 3 is 2.54 bits per heavy atom. The maximum Gasteiger partial charge on any atom is 0.325 e. The fourth-order valence-corrected chi connectivity index (χ4v) is 3.18. The predicted octanol–water partition coefficient (Wildman–Crippen LogP) is 3.75. The highest BCUT2D eigenvalue weighted by Gasteiger charge is 2.18. The van der Waals surface area contributed by atoms with Gasteiger partial charge in [-0.15, -0.1) is 6.58 Å². The first-order valence-electron chi connectivity index (χ1n) is 8.44. The second kappa shape index (κ2) is 9.57. The highest BCUT2D eigenvalue weighted by Crippen LogP contribution is 2.20. The van der Waals surface area contributed by atoms with Crippen molar-refractivity contribution in [1.29, 1.82) is 0 Å². The molecule has 1 heterocycles. The summed E-state index contributed by atoms with van der Waals surface area (Å²) in [5.41, 5.74) is 2.37. The number of ketones is 1. The number of allylic oxidation sites excluding steroid dienone is 1. The Morgan fingerprint density at radius 2 is 1.89 bits per heavy atom. The summed E-state index contributed by atoms with van der Waals surface area (Å²) in [6.07, 6.45) is 1.74. The number of rotatable bonds is 8. The zero-order valence-corrected chi connectivity index (χ0v) is 17.1. The van der Waals surface area contributed by atoms with Crippen molar-refractivity contribution in [2.45, 2.75) is 20.4 Å². The summed E-state index contributed by atoms with van der Waals surface area (Å²) in [5, 5.41) is 2.96. The zero-order chi connectivity index (χ0) is 20.8. The minimum Gasteiger partial charge on any atom is -0.456 e. The second-order valence-electron chi connectivity index (χ2n) is 6.07. The number of aromatic nitrogens is 1. The molecule has 0 saturated carbocycles. The Hall–Kier alpha value is -2.57. The summed E-state index contributed by atoms with van der Waals surface area (Å²) < 4.78 is 6.91. The van der Waals surface area contributed by atoms with Gasteiger partial charge in [0.25, 0.3) is 5.91 Å².